The van der Waals surface area contributed by atoms with Crippen molar-refractivity contribution in [2.75, 3.05) is 25.5 Å². The molecule has 52 heavy (non-hydrogen) atoms. The number of nitrogens with zero attached hydrogens (tertiary/aromatic N) is 3. The summed E-state index contributed by atoms with van der Waals surface area (Å²) in [7, 11) is 2.13. The number of carbonyl (C=O) groups is 4. The van der Waals surface area contributed by atoms with Crippen LogP contribution < -0.4 is 16.0 Å². The Hall–Kier alpha value is -4.94. The van der Waals surface area contributed by atoms with Crippen LogP contribution in [-0.4, -0.2) is 69.6 Å². The number of hydrogen-bond donors (Lipinski definition) is 4. The number of aromatic amines is 1. The predicted molar refractivity (Wildman–Crippen MR) is 194 cm³/mol. The van der Waals surface area contributed by atoms with Gasteiger partial charge in [-0.2, -0.15) is 0 Å². The number of H-pyrrole nitrogens is 1. The number of imide groups is 1. The molecule has 4 aliphatic rings. The Morgan fingerprint density at radius 1 is 1.08 bits per heavy atom. The van der Waals surface area contributed by atoms with Crippen LogP contribution >= 0.6 is 0 Å². The van der Waals surface area contributed by atoms with Crippen LogP contribution in [0, 0.1) is 11.7 Å². The number of anilines is 1. The molecule has 0 radical (unpaired) electrons. The third-order valence-electron chi connectivity index (χ3n) is 11.8. The van der Waals surface area contributed by atoms with Gasteiger partial charge in [-0.3, -0.25) is 29.4 Å². The van der Waals surface area contributed by atoms with Gasteiger partial charge in [-0.05, 0) is 105 Å². The van der Waals surface area contributed by atoms with Crippen molar-refractivity contribution in [2.45, 2.75) is 82.5 Å². The number of carbonyl (C=O) groups excluding carboxylic acids is 4. The SMILES string of the molecule is CCC(c1cccc(C(=O)Nc2cc3[nH]c([C@H]4CCCN4C)cc3cn2)c1F)C1CCNC(c2cccc3c2CN([C@@H]2CCC(=O)NC2=O)C3=O)C1. The average Bonchev–Trinajstić information content (AvgIpc) is 3.85. The van der Waals surface area contributed by atoms with Crippen molar-refractivity contribution in [2.24, 2.45) is 5.92 Å². The Balaban J connectivity index is 0.988. The summed E-state index contributed by atoms with van der Waals surface area (Å²) < 4.78 is 16.4. The molecule has 5 atom stereocenters. The molecule has 4 aromatic rings. The fraction of sp³-hybridized carbons (Fsp3) is 0.425. The number of benzene rings is 2. The third kappa shape index (κ3) is 6.17. The molecule has 6 heterocycles. The van der Waals surface area contributed by atoms with E-state index in [1.165, 1.54) is 6.07 Å². The van der Waals surface area contributed by atoms with Crippen LogP contribution in [0.4, 0.5) is 10.2 Å². The third-order valence-corrected chi connectivity index (χ3v) is 11.8. The second-order valence-electron chi connectivity index (χ2n) is 14.8. The Labute approximate surface area is 301 Å². The summed E-state index contributed by atoms with van der Waals surface area (Å²) in [6.07, 6.45) is 6.73. The standard InChI is InChI=1S/C40H44FN7O4/c1-3-24(22-14-15-42-31(17-22)25-7-4-9-27-29(25)21-48(40(27)52)34-12-13-36(49)46-39(34)51)26-8-5-10-28(37(26)41)38(50)45-35-19-30-23(20-43-35)18-32(44-30)33-11-6-16-47(33)2/h4-5,7-10,18-20,22,24,31,33-34,42,44H,3,6,11-17,21H2,1-2H3,(H,43,45,50)(H,46,49,51)/t22?,24?,31?,33-,34-/m1/s1. The molecule has 11 nitrogen and oxygen atoms in total. The molecule has 3 unspecified atom stereocenters. The maximum Gasteiger partial charge on any atom is 0.259 e. The van der Waals surface area contributed by atoms with E-state index in [-0.39, 0.29) is 41.7 Å². The van der Waals surface area contributed by atoms with Gasteiger partial charge in [-0.1, -0.05) is 31.2 Å². The molecule has 2 aromatic heterocycles. The molecule has 3 fully saturated rings. The minimum atomic E-state index is -0.682. The maximum atomic E-state index is 16.4. The Morgan fingerprint density at radius 2 is 1.92 bits per heavy atom. The summed E-state index contributed by atoms with van der Waals surface area (Å²) >= 11 is 0. The van der Waals surface area contributed by atoms with Crippen molar-refractivity contribution in [3.8, 4) is 0 Å². The highest BCUT2D eigenvalue weighted by atomic mass is 19.1. The van der Waals surface area contributed by atoms with Crippen LogP contribution in [0.15, 0.2) is 54.7 Å². The largest absolute Gasteiger partial charge is 0.357 e. The lowest BCUT2D eigenvalue weighted by Gasteiger charge is -2.36. The van der Waals surface area contributed by atoms with Crippen LogP contribution in [0.1, 0.15) is 113 Å². The highest BCUT2D eigenvalue weighted by Crippen LogP contribution is 2.42. The molecule has 4 amide bonds. The Kier molecular flexibility index (Phi) is 9.12. The summed E-state index contributed by atoms with van der Waals surface area (Å²) in [5, 5.41) is 9.79. The highest BCUT2D eigenvalue weighted by Gasteiger charge is 2.41. The number of piperidine rings is 2. The van der Waals surface area contributed by atoms with Crippen LogP contribution in [0.25, 0.3) is 10.9 Å². The molecule has 0 saturated carbocycles. The van der Waals surface area contributed by atoms with Gasteiger partial charge >= 0.3 is 0 Å². The first-order chi connectivity index (χ1) is 25.2. The molecule has 0 aliphatic carbocycles. The minimum absolute atomic E-state index is 0.0176. The number of rotatable bonds is 8. The zero-order chi connectivity index (χ0) is 36.1. The normalized spacial score (nSPS) is 24.3. The molecular formula is C40H44FN7O4. The molecule has 0 spiro atoms. The lowest BCUT2D eigenvalue weighted by atomic mass is 9.75. The van der Waals surface area contributed by atoms with Crippen molar-refractivity contribution in [3.63, 3.8) is 0 Å². The average molecular weight is 706 g/mol. The van der Waals surface area contributed by atoms with Crippen molar-refractivity contribution < 1.29 is 23.6 Å². The molecule has 0 bridgehead atoms. The van der Waals surface area contributed by atoms with Crippen molar-refractivity contribution in [3.05, 3.63) is 94.1 Å². The van der Waals surface area contributed by atoms with E-state index in [9.17, 15) is 19.2 Å². The summed E-state index contributed by atoms with van der Waals surface area (Å²) in [6, 6.07) is 14.2. The second kappa shape index (κ2) is 13.9. The van der Waals surface area contributed by atoms with Crippen LogP contribution in [0.5, 0.6) is 0 Å². The quantitative estimate of drug-likeness (QED) is 0.172. The number of hydrogen-bond acceptors (Lipinski definition) is 7. The molecule has 4 aliphatic heterocycles. The lowest BCUT2D eigenvalue weighted by molar-refractivity contribution is -0.136. The van der Waals surface area contributed by atoms with Crippen LogP contribution in [0.3, 0.4) is 0 Å². The van der Waals surface area contributed by atoms with Gasteiger partial charge in [0.2, 0.25) is 11.8 Å². The fourth-order valence-corrected chi connectivity index (χ4v) is 9.09. The molecular weight excluding hydrogens is 661 g/mol. The van der Waals surface area contributed by atoms with E-state index in [0.717, 1.165) is 60.0 Å². The van der Waals surface area contributed by atoms with Gasteiger partial charge in [-0.15, -0.1) is 0 Å². The maximum absolute atomic E-state index is 16.4. The first-order valence-corrected chi connectivity index (χ1v) is 18.5. The molecule has 270 valence electrons. The van der Waals surface area contributed by atoms with Gasteiger partial charge in [-0.25, -0.2) is 9.37 Å². The Morgan fingerprint density at radius 3 is 2.71 bits per heavy atom. The van der Waals surface area contributed by atoms with Crippen LogP contribution in [0.2, 0.25) is 0 Å². The van der Waals surface area contributed by atoms with Gasteiger partial charge in [0.15, 0.2) is 0 Å². The Bertz CT molecular complexity index is 2080. The topological polar surface area (TPSA) is 140 Å². The monoisotopic (exact) mass is 705 g/mol. The van der Waals surface area contributed by atoms with Gasteiger partial charge < -0.3 is 20.5 Å². The number of pyridine rings is 1. The van der Waals surface area contributed by atoms with E-state index in [1.54, 1.807) is 35.4 Å². The van der Waals surface area contributed by atoms with Crippen LogP contribution in [-0.2, 0) is 16.1 Å². The molecule has 3 saturated heterocycles. The van der Waals surface area contributed by atoms with Gasteiger partial charge in [0.05, 0.1) is 11.1 Å². The summed E-state index contributed by atoms with van der Waals surface area (Å²) in [4.78, 5) is 63.3. The van der Waals surface area contributed by atoms with Gasteiger partial charge in [0.25, 0.3) is 11.8 Å². The molecule has 12 heteroatoms. The van der Waals surface area contributed by atoms with Crippen molar-refractivity contribution >= 4 is 40.3 Å². The second-order valence-corrected chi connectivity index (χ2v) is 14.8. The van der Waals surface area contributed by atoms with E-state index in [0.29, 0.717) is 48.9 Å². The lowest BCUT2D eigenvalue weighted by Crippen LogP contribution is -2.52. The smallest absolute Gasteiger partial charge is 0.259 e. The van der Waals surface area contributed by atoms with E-state index < -0.39 is 23.7 Å². The fourth-order valence-electron chi connectivity index (χ4n) is 9.09. The number of likely N-dealkylation sites (tertiary alicyclic amines) is 1. The van der Waals surface area contributed by atoms with E-state index in [1.807, 2.05) is 12.1 Å². The van der Waals surface area contributed by atoms with E-state index >= 15 is 4.39 Å². The van der Waals surface area contributed by atoms with Crippen molar-refractivity contribution in [1.29, 1.82) is 0 Å². The molecule has 4 N–H and O–H groups in total. The number of nitrogens with one attached hydrogen (secondary N) is 4. The summed E-state index contributed by atoms with van der Waals surface area (Å²) in [5.74, 6) is -1.66. The number of fused-ring (bicyclic) bond motifs is 2. The first kappa shape index (κ1) is 34.2. The number of halogens is 1. The summed E-state index contributed by atoms with van der Waals surface area (Å²) in [5.41, 5.74) is 4.98. The minimum Gasteiger partial charge on any atom is -0.357 e. The predicted octanol–water partition coefficient (Wildman–Crippen LogP) is 5.72. The molecule has 8 rings (SSSR count). The van der Waals surface area contributed by atoms with Gasteiger partial charge in [0.1, 0.15) is 17.7 Å². The van der Waals surface area contributed by atoms with Gasteiger partial charge in [0, 0.05) is 54.0 Å². The van der Waals surface area contributed by atoms with Crippen molar-refractivity contribution in [1.82, 2.24) is 30.4 Å². The summed E-state index contributed by atoms with van der Waals surface area (Å²) in [6.45, 7) is 4.13. The zero-order valence-corrected chi connectivity index (χ0v) is 29.5. The zero-order valence-electron chi connectivity index (χ0n) is 29.5. The number of aromatic nitrogens is 2. The van der Waals surface area contributed by atoms with E-state index in [2.05, 4.69) is 50.9 Å². The molecule has 2 aromatic carbocycles. The first-order valence-electron chi connectivity index (χ1n) is 18.5. The highest BCUT2D eigenvalue weighted by molar-refractivity contribution is 6.06. The van der Waals surface area contributed by atoms with E-state index in [4.69, 9.17) is 0 Å². The number of amides is 4.